The maximum absolute atomic E-state index is 5.97. The Balaban J connectivity index is 1.87. The minimum atomic E-state index is 0.565. The van der Waals surface area contributed by atoms with Crippen LogP contribution in [0.2, 0.25) is 0 Å². The highest BCUT2D eigenvalue weighted by molar-refractivity contribution is 5.87. The summed E-state index contributed by atoms with van der Waals surface area (Å²) in [6, 6.07) is 8.43. The lowest BCUT2D eigenvalue weighted by Gasteiger charge is -2.35. The first-order valence-corrected chi connectivity index (χ1v) is 6.16. The molecule has 1 fully saturated rings. The van der Waals surface area contributed by atoms with Gasteiger partial charge in [-0.1, -0.05) is 12.1 Å². The summed E-state index contributed by atoms with van der Waals surface area (Å²) in [7, 11) is 2.10. The number of rotatable bonds is 3. The first-order valence-electron chi connectivity index (χ1n) is 6.16. The van der Waals surface area contributed by atoms with Gasteiger partial charge in [0.2, 0.25) is 0 Å². The summed E-state index contributed by atoms with van der Waals surface area (Å²) in [4.78, 5) is 11.2. The van der Waals surface area contributed by atoms with Crippen LogP contribution in [0.15, 0.2) is 24.3 Å². The quantitative estimate of drug-likeness (QED) is 0.827. The van der Waals surface area contributed by atoms with Crippen LogP contribution >= 0.6 is 0 Å². The zero-order chi connectivity index (χ0) is 12.5. The molecule has 5 nitrogen and oxygen atoms in total. The topological polar surface area (TPSA) is 67.1 Å². The van der Waals surface area contributed by atoms with Gasteiger partial charge in [-0.3, -0.25) is 4.90 Å². The van der Waals surface area contributed by atoms with Gasteiger partial charge in [-0.05, 0) is 19.2 Å². The molecule has 0 bridgehead atoms. The van der Waals surface area contributed by atoms with Gasteiger partial charge in [0.25, 0.3) is 0 Å². The van der Waals surface area contributed by atoms with Gasteiger partial charge in [-0.15, -0.1) is 0 Å². The van der Waals surface area contributed by atoms with Crippen molar-refractivity contribution >= 4 is 16.7 Å². The SMILES string of the molecule is CN(Cc1nc(N)c2ccccc2n1)C1CNC1. The number of nitrogens with one attached hydrogen (secondary N) is 1. The van der Waals surface area contributed by atoms with Gasteiger partial charge < -0.3 is 11.1 Å². The van der Waals surface area contributed by atoms with Gasteiger partial charge in [0.1, 0.15) is 11.6 Å². The highest BCUT2D eigenvalue weighted by atomic mass is 15.2. The van der Waals surface area contributed by atoms with E-state index >= 15 is 0 Å². The zero-order valence-electron chi connectivity index (χ0n) is 10.4. The van der Waals surface area contributed by atoms with Crippen LogP contribution in [-0.2, 0) is 6.54 Å². The largest absolute Gasteiger partial charge is 0.383 e. The number of anilines is 1. The Labute approximate surface area is 106 Å². The summed E-state index contributed by atoms with van der Waals surface area (Å²) in [6.45, 7) is 2.82. The molecule has 5 heteroatoms. The molecule has 1 aliphatic rings. The molecule has 2 aromatic rings. The van der Waals surface area contributed by atoms with Gasteiger partial charge >= 0.3 is 0 Å². The molecular formula is C13H17N5. The van der Waals surface area contributed by atoms with Crippen LogP contribution in [0.5, 0.6) is 0 Å². The van der Waals surface area contributed by atoms with Gasteiger partial charge in [-0.2, -0.15) is 0 Å². The molecule has 0 saturated carbocycles. The van der Waals surface area contributed by atoms with Crippen molar-refractivity contribution in [3.05, 3.63) is 30.1 Å². The van der Waals surface area contributed by atoms with E-state index in [1.165, 1.54) is 0 Å². The first-order chi connectivity index (χ1) is 8.74. The Morgan fingerprint density at radius 3 is 2.83 bits per heavy atom. The van der Waals surface area contributed by atoms with Crippen LogP contribution in [0.1, 0.15) is 5.82 Å². The number of nitrogens with two attached hydrogens (primary N) is 1. The number of hydrogen-bond donors (Lipinski definition) is 2. The van der Waals surface area contributed by atoms with Crippen molar-refractivity contribution in [2.75, 3.05) is 25.9 Å². The number of aromatic nitrogens is 2. The predicted molar refractivity (Wildman–Crippen MR) is 72.1 cm³/mol. The van der Waals surface area contributed by atoms with Crippen molar-refractivity contribution in [3.63, 3.8) is 0 Å². The molecule has 0 radical (unpaired) electrons. The molecular weight excluding hydrogens is 226 g/mol. The van der Waals surface area contributed by atoms with Gasteiger partial charge in [-0.25, -0.2) is 9.97 Å². The van der Waals surface area contributed by atoms with E-state index in [1.807, 2.05) is 24.3 Å². The maximum Gasteiger partial charge on any atom is 0.145 e. The van der Waals surface area contributed by atoms with E-state index in [0.717, 1.165) is 36.4 Å². The second-order valence-electron chi connectivity index (χ2n) is 4.77. The third kappa shape index (κ3) is 2.02. The second-order valence-corrected chi connectivity index (χ2v) is 4.77. The standard InChI is InChI=1S/C13H17N5/c1-18(9-6-15-7-9)8-12-16-11-5-3-2-4-10(11)13(14)17-12/h2-5,9,15H,6-8H2,1H3,(H2,14,16,17). The molecule has 1 aromatic carbocycles. The van der Waals surface area contributed by atoms with E-state index in [9.17, 15) is 0 Å². The number of likely N-dealkylation sites (N-methyl/N-ethyl adjacent to an activating group) is 1. The van der Waals surface area contributed by atoms with Crippen molar-refractivity contribution in [1.82, 2.24) is 20.2 Å². The highest BCUT2D eigenvalue weighted by Crippen LogP contribution is 2.18. The molecule has 1 aliphatic heterocycles. The lowest BCUT2D eigenvalue weighted by atomic mass is 10.1. The number of nitrogens with zero attached hydrogens (tertiary/aromatic N) is 3. The van der Waals surface area contributed by atoms with E-state index in [1.54, 1.807) is 0 Å². The first kappa shape index (κ1) is 11.4. The molecule has 0 atom stereocenters. The molecule has 0 amide bonds. The fraction of sp³-hybridized carbons (Fsp3) is 0.385. The van der Waals surface area contributed by atoms with Crippen molar-refractivity contribution in [2.45, 2.75) is 12.6 Å². The third-order valence-corrected chi connectivity index (χ3v) is 3.45. The summed E-state index contributed by atoms with van der Waals surface area (Å²) >= 11 is 0. The Bertz CT molecular complexity index is 564. The minimum absolute atomic E-state index is 0.565. The smallest absolute Gasteiger partial charge is 0.145 e. The molecule has 1 aromatic heterocycles. The van der Waals surface area contributed by atoms with Crippen LogP contribution < -0.4 is 11.1 Å². The molecule has 1 saturated heterocycles. The zero-order valence-corrected chi connectivity index (χ0v) is 10.4. The van der Waals surface area contributed by atoms with Crippen LogP contribution in [0.25, 0.3) is 10.9 Å². The van der Waals surface area contributed by atoms with Crippen molar-refractivity contribution in [1.29, 1.82) is 0 Å². The van der Waals surface area contributed by atoms with Crippen LogP contribution in [0.3, 0.4) is 0 Å². The molecule has 3 N–H and O–H groups in total. The van der Waals surface area contributed by atoms with E-state index in [4.69, 9.17) is 5.73 Å². The molecule has 0 unspecified atom stereocenters. The summed E-state index contributed by atoms with van der Waals surface area (Å²) in [5, 5.41) is 4.19. The van der Waals surface area contributed by atoms with Crippen molar-refractivity contribution < 1.29 is 0 Å². The highest BCUT2D eigenvalue weighted by Gasteiger charge is 2.22. The van der Waals surface area contributed by atoms with Gasteiger partial charge in [0.05, 0.1) is 12.1 Å². The van der Waals surface area contributed by atoms with Crippen molar-refractivity contribution in [3.8, 4) is 0 Å². The maximum atomic E-state index is 5.97. The number of hydrogen-bond acceptors (Lipinski definition) is 5. The number of para-hydroxylation sites is 1. The molecule has 94 valence electrons. The monoisotopic (exact) mass is 243 g/mol. The van der Waals surface area contributed by atoms with Crippen molar-refractivity contribution in [2.24, 2.45) is 0 Å². The van der Waals surface area contributed by atoms with E-state index in [0.29, 0.717) is 11.9 Å². The van der Waals surface area contributed by atoms with Gasteiger partial charge in [0, 0.05) is 24.5 Å². The molecule has 3 rings (SSSR count). The lowest BCUT2D eigenvalue weighted by Crippen LogP contribution is -2.55. The Morgan fingerprint density at radius 1 is 1.33 bits per heavy atom. The van der Waals surface area contributed by atoms with Gasteiger partial charge in [0.15, 0.2) is 0 Å². The number of benzene rings is 1. The average Bonchev–Trinajstić information content (AvgIpc) is 2.26. The molecule has 0 spiro atoms. The fourth-order valence-corrected chi connectivity index (χ4v) is 2.16. The Morgan fingerprint density at radius 2 is 2.11 bits per heavy atom. The summed E-state index contributed by atoms with van der Waals surface area (Å²) < 4.78 is 0. The van der Waals surface area contributed by atoms with E-state index in [2.05, 4.69) is 27.2 Å². The summed E-state index contributed by atoms with van der Waals surface area (Å²) in [5.74, 6) is 1.36. The van der Waals surface area contributed by atoms with Crippen LogP contribution in [0, 0.1) is 0 Å². The van der Waals surface area contributed by atoms with Crippen LogP contribution in [0.4, 0.5) is 5.82 Å². The molecule has 18 heavy (non-hydrogen) atoms. The third-order valence-electron chi connectivity index (χ3n) is 3.45. The minimum Gasteiger partial charge on any atom is -0.383 e. The Kier molecular flexibility index (Phi) is 2.85. The number of fused-ring (bicyclic) bond motifs is 1. The fourth-order valence-electron chi connectivity index (χ4n) is 2.16. The molecule has 2 heterocycles. The van der Waals surface area contributed by atoms with E-state index < -0.39 is 0 Å². The Hall–Kier alpha value is -1.72. The normalized spacial score (nSPS) is 16.1. The summed E-state index contributed by atoms with van der Waals surface area (Å²) in [5.41, 5.74) is 6.89. The average molecular weight is 243 g/mol. The van der Waals surface area contributed by atoms with Crippen LogP contribution in [-0.4, -0.2) is 41.0 Å². The predicted octanol–water partition coefficient (Wildman–Crippen LogP) is 0.616. The van der Waals surface area contributed by atoms with E-state index in [-0.39, 0.29) is 0 Å². The summed E-state index contributed by atoms with van der Waals surface area (Å²) in [6.07, 6.45) is 0. The number of nitrogen functional groups attached to an aromatic ring is 1. The molecule has 0 aliphatic carbocycles. The second kappa shape index (κ2) is 4.51. The lowest BCUT2D eigenvalue weighted by molar-refractivity contribution is 0.169.